The summed E-state index contributed by atoms with van der Waals surface area (Å²) in [5, 5.41) is 3.12. The Morgan fingerprint density at radius 1 is 1.26 bits per heavy atom. The first-order chi connectivity index (χ1) is 10.6. The molecule has 2 amide bonds. The van der Waals surface area contributed by atoms with Gasteiger partial charge in [-0.2, -0.15) is 0 Å². The van der Waals surface area contributed by atoms with Gasteiger partial charge in [-0.15, -0.1) is 0 Å². The summed E-state index contributed by atoms with van der Waals surface area (Å²) in [5.74, 6) is -0.159. The standard InChI is InChI=1S/C15H20ClN3O3S/c1-9-7-10(5-6-11(9)16)22-8-12(20)18-19-14(23)17-13(21)15(2,3)4/h5-7H,8H2,1-4H3,(H,18,20)(H2,17,19,21,23). The molecule has 0 atom stereocenters. The third-order valence-corrected chi connectivity index (χ3v) is 3.35. The average Bonchev–Trinajstić information content (AvgIpc) is 2.45. The van der Waals surface area contributed by atoms with E-state index in [-0.39, 0.29) is 17.6 Å². The van der Waals surface area contributed by atoms with E-state index in [9.17, 15) is 9.59 Å². The highest BCUT2D eigenvalue weighted by Gasteiger charge is 2.22. The molecule has 8 heteroatoms. The molecule has 0 aliphatic rings. The zero-order valence-corrected chi connectivity index (χ0v) is 15.0. The number of carbonyl (C=O) groups excluding carboxylic acids is 2. The van der Waals surface area contributed by atoms with Gasteiger partial charge < -0.3 is 10.1 Å². The number of hydrazine groups is 1. The number of ether oxygens (including phenoxy) is 1. The number of hydrogen-bond acceptors (Lipinski definition) is 4. The third-order valence-electron chi connectivity index (χ3n) is 2.72. The van der Waals surface area contributed by atoms with E-state index in [1.807, 2.05) is 6.92 Å². The van der Waals surface area contributed by atoms with Gasteiger partial charge in [0.25, 0.3) is 5.91 Å². The topological polar surface area (TPSA) is 79.5 Å². The molecule has 126 valence electrons. The van der Waals surface area contributed by atoms with Crippen LogP contribution in [-0.4, -0.2) is 23.5 Å². The lowest BCUT2D eigenvalue weighted by Gasteiger charge is -2.18. The highest BCUT2D eigenvalue weighted by molar-refractivity contribution is 7.80. The van der Waals surface area contributed by atoms with Crippen molar-refractivity contribution in [3.05, 3.63) is 28.8 Å². The predicted octanol–water partition coefficient (Wildman–Crippen LogP) is 2.10. The zero-order valence-electron chi connectivity index (χ0n) is 13.5. The molecule has 3 N–H and O–H groups in total. The van der Waals surface area contributed by atoms with Crippen molar-refractivity contribution in [3.8, 4) is 5.75 Å². The van der Waals surface area contributed by atoms with Crippen LogP contribution < -0.4 is 20.9 Å². The second-order valence-corrected chi connectivity index (χ2v) is 6.72. The Bertz CT molecular complexity index is 614. The van der Waals surface area contributed by atoms with Gasteiger partial charge >= 0.3 is 0 Å². The highest BCUT2D eigenvalue weighted by atomic mass is 35.5. The van der Waals surface area contributed by atoms with Gasteiger partial charge in [0.1, 0.15) is 5.75 Å². The number of amides is 2. The zero-order chi connectivity index (χ0) is 17.6. The number of hydrogen-bond donors (Lipinski definition) is 3. The number of rotatable bonds is 3. The predicted molar refractivity (Wildman–Crippen MR) is 93.2 cm³/mol. The molecule has 1 rings (SSSR count). The van der Waals surface area contributed by atoms with Crippen LogP contribution in [0.5, 0.6) is 5.75 Å². The number of carbonyl (C=O) groups is 2. The van der Waals surface area contributed by atoms with Crippen LogP contribution in [0.15, 0.2) is 18.2 Å². The summed E-state index contributed by atoms with van der Waals surface area (Å²) in [6, 6.07) is 5.10. The van der Waals surface area contributed by atoms with Crippen molar-refractivity contribution in [2.75, 3.05) is 6.61 Å². The van der Waals surface area contributed by atoms with Crippen LogP contribution in [0, 0.1) is 12.3 Å². The summed E-state index contributed by atoms with van der Waals surface area (Å²) in [7, 11) is 0. The summed E-state index contributed by atoms with van der Waals surface area (Å²) in [6.07, 6.45) is 0. The molecule has 1 aromatic carbocycles. The lowest BCUT2D eigenvalue weighted by Crippen LogP contribution is -2.51. The molecule has 0 radical (unpaired) electrons. The molecular formula is C15H20ClN3O3S. The molecule has 6 nitrogen and oxygen atoms in total. The lowest BCUT2D eigenvalue weighted by molar-refractivity contribution is -0.127. The maximum absolute atomic E-state index is 11.7. The number of aryl methyl sites for hydroxylation is 1. The number of halogens is 1. The number of benzene rings is 1. The van der Waals surface area contributed by atoms with Gasteiger partial charge in [-0.25, -0.2) is 0 Å². The molecule has 0 heterocycles. The summed E-state index contributed by atoms with van der Waals surface area (Å²) >= 11 is 10.8. The van der Waals surface area contributed by atoms with Crippen molar-refractivity contribution in [2.24, 2.45) is 5.41 Å². The van der Waals surface area contributed by atoms with Gasteiger partial charge in [-0.3, -0.25) is 20.4 Å². The molecule has 0 bridgehead atoms. The van der Waals surface area contributed by atoms with Gasteiger partial charge in [0.05, 0.1) is 0 Å². The van der Waals surface area contributed by atoms with Crippen LogP contribution in [0.2, 0.25) is 5.02 Å². The quantitative estimate of drug-likeness (QED) is 0.570. The van der Waals surface area contributed by atoms with Crippen LogP contribution in [-0.2, 0) is 9.59 Å². The van der Waals surface area contributed by atoms with Crippen molar-refractivity contribution in [3.63, 3.8) is 0 Å². The van der Waals surface area contributed by atoms with Crippen LogP contribution >= 0.6 is 23.8 Å². The fourth-order valence-electron chi connectivity index (χ4n) is 1.34. The Morgan fingerprint density at radius 3 is 2.48 bits per heavy atom. The molecule has 0 aliphatic heterocycles. The molecule has 0 saturated carbocycles. The molecule has 0 unspecified atom stereocenters. The second kappa shape index (κ2) is 8.12. The maximum Gasteiger partial charge on any atom is 0.276 e. The molecule has 1 aromatic rings. The van der Waals surface area contributed by atoms with Gasteiger partial charge in [-0.05, 0) is 42.9 Å². The van der Waals surface area contributed by atoms with E-state index in [0.29, 0.717) is 10.8 Å². The summed E-state index contributed by atoms with van der Waals surface area (Å²) in [5.41, 5.74) is 5.06. The summed E-state index contributed by atoms with van der Waals surface area (Å²) < 4.78 is 5.33. The van der Waals surface area contributed by atoms with Crippen LogP contribution in [0.1, 0.15) is 26.3 Å². The number of nitrogens with one attached hydrogen (secondary N) is 3. The largest absolute Gasteiger partial charge is 0.484 e. The van der Waals surface area contributed by atoms with Crippen molar-refractivity contribution < 1.29 is 14.3 Å². The minimum Gasteiger partial charge on any atom is -0.484 e. The first-order valence-electron chi connectivity index (χ1n) is 6.89. The van der Waals surface area contributed by atoms with E-state index in [1.54, 1.807) is 39.0 Å². The van der Waals surface area contributed by atoms with Crippen molar-refractivity contribution in [1.29, 1.82) is 0 Å². The van der Waals surface area contributed by atoms with E-state index in [2.05, 4.69) is 16.2 Å². The van der Waals surface area contributed by atoms with E-state index >= 15 is 0 Å². The molecule has 0 spiro atoms. The minimum atomic E-state index is -0.578. The van der Waals surface area contributed by atoms with Crippen molar-refractivity contribution >= 4 is 40.7 Å². The van der Waals surface area contributed by atoms with Gasteiger partial charge in [0, 0.05) is 10.4 Å². The van der Waals surface area contributed by atoms with Gasteiger partial charge in [0.2, 0.25) is 5.91 Å². The van der Waals surface area contributed by atoms with E-state index in [4.69, 9.17) is 28.6 Å². The molecule has 0 fully saturated rings. The molecular weight excluding hydrogens is 338 g/mol. The van der Waals surface area contributed by atoms with Gasteiger partial charge in [0.15, 0.2) is 11.7 Å². The van der Waals surface area contributed by atoms with Crippen LogP contribution in [0.4, 0.5) is 0 Å². The average molecular weight is 358 g/mol. The lowest BCUT2D eigenvalue weighted by atomic mass is 9.96. The van der Waals surface area contributed by atoms with Crippen LogP contribution in [0.25, 0.3) is 0 Å². The second-order valence-electron chi connectivity index (χ2n) is 5.91. The first-order valence-corrected chi connectivity index (χ1v) is 7.67. The Labute approximate surface area is 145 Å². The summed E-state index contributed by atoms with van der Waals surface area (Å²) in [4.78, 5) is 23.4. The first kappa shape index (κ1) is 19.2. The van der Waals surface area contributed by atoms with Crippen molar-refractivity contribution in [2.45, 2.75) is 27.7 Å². The third kappa shape index (κ3) is 6.83. The molecule has 0 aliphatic carbocycles. The fourth-order valence-corrected chi connectivity index (χ4v) is 1.60. The van der Waals surface area contributed by atoms with Gasteiger partial charge in [-0.1, -0.05) is 32.4 Å². The highest BCUT2D eigenvalue weighted by Crippen LogP contribution is 2.20. The Kier molecular flexibility index (Phi) is 6.78. The Hall–Kier alpha value is -1.86. The minimum absolute atomic E-state index is 0.0145. The summed E-state index contributed by atoms with van der Waals surface area (Å²) in [6.45, 7) is 6.90. The molecule has 0 saturated heterocycles. The van der Waals surface area contributed by atoms with E-state index < -0.39 is 11.3 Å². The Morgan fingerprint density at radius 2 is 1.91 bits per heavy atom. The van der Waals surface area contributed by atoms with Crippen LogP contribution in [0.3, 0.4) is 0 Å². The molecule has 0 aromatic heterocycles. The molecule has 23 heavy (non-hydrogen) atoms. The SMILES string of the molecule is Cc1cc(OCC(=O)NNC(=S)NC(=O)C(C)(C)C)ccc1Cl. The van der Waals surface area contributed by atoms with Crippen molar-refractivity contribution in [1.82, 2.24) is 16.2 Å². The maximum atomic E-state index is 11.7. The number of thiocarbonyl (C=S) groups is 1. The fraction of sp³-hybridized carbons (Fsp3) is 0.400. The van der Waals surface area contributed by atoms with E-state index in [0.717, 1.165) is 5.56 Å². The van der Waals surface area contributed by atoms with E-state index in [1.165, 1.54) is 0 Å². The monoisotopic (exact) mass is 357 g/mol. The smallest absolute Gasteiger partial charge is 0.276 e. The normalized spacial score (nSPS) is 10.7. The Balaban J connectivity index is 2.35.